The van der Waals surface area contributed by atoms with E-state index < -0.39 is 0 Å². The van der Waals surface area contributed by atoms with E-state index in [9.17, 15) is 9.90 Å². The van der Waals surface area contributed by atoms with Gasteiger partial charge in [-0.3, -0.25) is 4.79 Å². The van der Waals surface area contributed by atoms with Crippen molar-refractivity contribution in [3.63, 3.8) is 0 Å². The summed E-state index contributed by atoms with van der Waals surface area (Å²) in [6.07, 6.45) is 0.193. The van der Waals surface area contributed by atoms with Crippen LogP contribution in [0, 0.1) is 6.92 Å². The molecule has 0 aliphatic heterocycles. The molecule has 0 atom stereocenters. The number of carbonyl (C=O) groups is 1. The van der Waals surface area contributed by atoms with Crippen LogP contribution in [0.1, 0.15) is 16.7 Å². The molecule has 2 rings (SSSR count). The van der Waals surface area contributed by atoms with Crippen LogP contribution in [0.25, 0.3) is 0 Å². The monoisotopic (exact) mass is 255 g/mol. The molecule has 1 amide bonds. The second-order valence-electron chi connectivity index (χ2n) is 4.57. The molecule has 0 aromatic heterocycles. The van der Waals surface area contributed by atoms with Crippen LogP contribution in [-0.2, 0) is 17.8 Å². The molecular weight excluding hydrogens is 238 g/mol. The van der Waals surface area contributed by atoms with E-state index in [0.717, 1.165) is 5.56 Å². The average molecular weight is 255 g/mol. The van der Waals surface area contributed by atoms with Gasteiger partial charge in [0.2, 0.25) is 5.91 Å². The van der Waals surface area contributed by atoms with Crippen LogP contribution in [0.3, 0.4) is 0 Å². The molecule has 19 heavy (non-hydrogen) atoms. The number of carbonyl (C=O) groups excluding carboxylic acids is 1. The molecule has 0 heterocycles. The lowest BCUT2D eigenvalue weighted by Crippen LogP contribution is -2.24. The summed E-state index contributed by atoms with van der Waals surface area (Å²) >= 11 is 0. The second kappa shape index (κ2) is 6.05. The molecule has 2 aromatic rings. The van der Waals surface area contributed by atoms with Gasteiger partial charge in [-0.2, -0.15) is 0 Å². The minimum Gasteiger partial charge on any atom is -0.508 e. The largest absolute Gasteiger partial charge is 0.508 e. The number of nitrogens with one attached hydrogen (secondary N) is 1. The molecule has 98 valence electrons. The number of phenols is 1. The fourth-order valence-corrected chi connectivity index (χ4v) is 1.80. The number of phenolic OH excluding ortho intramolecular Hbond substituents is 1. The van der Waals surface area contributed by atoms with Crippen LogP contribution in [0.4, 0.5) is 0 Å². The number of benzene rings is 2. The summed E-state index contributed by atoms with van der Waals surface area (Å²) in [6, 6.07) is 14.9. The summed E-state index contributed by atoms with van der Waals surface area (Å²) in [5.74, 6) is 0.0649. The first kappa shape index (κ1) is 13.1. The van der Waals surface area contributed by atoms with Crippen LogP contribution in [0.5, 0.6) is 5.75 Å². The minimum absolute atomic E-state index is 0.0953. The molecule has 0 aliphatic rings. The van der Waals surface area contributed by atoms with Crippen molar-refractivity contribution in [1.82, 2.24) is 5.32 Å². The Hall–Kier alpha value is -2.29. The molecule has 0 saturated carbocycles. The molecule has 0 radical (unpaired) electrons. The van der Waals surface area contributed by atoms with Gasteiger partial charge in [0.1, 0.15) is 5.75 Å². The van der Waals surface area contributed by atoms with Crippen molar-refractivity contribution in [3.05, 3.63) is 65.2 Å². The Morgan fingerprint density at radius 2 is 1.79 bits per heavy atom. The first-order valence-corrected chi connectivity index (χ1v) is 6.24. The molecule has 3 heteroatoms. The summed E-state index contributed by atoms with van der Waals surface area (Å²) < 4.78 is 0. The number of hydrogen-bond acceptors (Lipinski definition) is 2. The maximum atomic E-state index is 11.8. The zero-order chi connectivity index (χ0) is 13.7. The maximum Gasteiger partial charge on any atom is 0.224 e. The Morgan fingerprint density at radius 3 is 2.47 bits per heavy atom. The van der Waals surface area contributed by atoms with E-state index >= 15 is 0 Å². The zero-order valence-corrected chi connectivity index (χ0v) is 10.9. The SMILES string of the molecule is Cc1ccc(CNC(=O)Cc2ccccc2O)cc1. The van der Waals surface area contributed by atoms with Gasteiger partial charge in [0.05, 0.1) is 6.42 Å². The highest BCUT2D eigenvalue weighted by atomic mass is 16.3. The summed E-state index contributed by atoms with van der Waals surface area (Å²) in [7, 11) is 0. The minimum atomic E-state index is -0.0953. The fraction of sp³-hybridized carbons (Fsp3) is 0.188. The van der Waals surface area contributed by atoms with Gasteiger partial charge in [0, 0.05) is 12.1 Å². The topological polar surface area (TPSA) is 49.3 Å². The van der Waals surface area contributed by atoms with E-state index in [1.165, 1.54) is 5.56 Å². The lowest BCUT2D eigenvalue weighted by atomic mass is 10.1. The van der Waals surface area contributed by atoms with E-state index in [-0.39, 0.29) is 18.1 Å². The highest BCUT2D eigenvalue weighted by Crippen LogP contribution is 2.15. The van der Waals surface area contributed by atoms with Gasteiger partial charge in [-0.15, -0.1) is 0 Å². The van der Waals surface area contributed by atoms with Crippen molar-refractivity contribution in [1.29, 1.82) is 0 Å². The summed E-state index contributed by atoms with van der Waals surface area (Å²) in [5.41, 5.74) is 2.91. The lowest BCUT2D eigenvalue weighted by molar-refractivity contribution is -0.120. The van der Waals surface area contributed by atoms with Crippen LogP contribution in [0.15, 0.2) is 48.5 Å². The molecular formula is C16H17NO2. The van der Waals surface area contributed by atoms with Crippen LogP contribution in [0.2, 0.25) is 0 Å². The Morgan fingerprint density at radius 1 is 1.11 bits per heavy atom. The summed E-state index contributed by atoms with van der Waals surface area (Å²) in [4.78, 5) is 11.8. The quantitative estimate of drug-likeness (QED) is 0.882. The van der Waals surface area contributed by atoms with Crippen molar-refractivity contribution < 1.29 is 9.90 Å². The summed E-state index contributed by atoms with van der Waals surface area (Å²) in [6.45, 7) is 2.53. The van der Waals surface area contributed by atoms with Gasteiger partial charge in [0.25, 0.3) is 0 Å². The predicted octanol–water partition coefficient (Wildman–Crippen LogP) is 2.56. The van der Waals surface area contributed by atoms with Crippen LogP contribution in [-0.4, -0.2) is 11.0 Å². The van der Waals surface area contributed by atoms with E-state index in [1.807, 2.05) is 37.3 Å². The average Bonchev–Trinajstić information content (AvgIpc) is 2.41. The standard InChI is InChI=1S/C16H17NO2/c1-12-6-8-13(9-7-12)11-17-16(19)10-14-4-2-3-5-15(14)18/h2-9,18H,10-11H2,1H3,(H,17,19). The molecule has 0 unspecified atom stereocenters. The van der Waals surface area contributed by atoms with Crippen molar-refractivity contribution in [2.45, 2.75) is 19.9 Å². The smallest absolute Gasteiger partial charge is 0.224 e. The van der Waals surface area contributed by atoms with Crippen LogP contribution >= 0.6 is 0 Å². The van der Waals surface area contributed by atoms with Gasteiger partial charge in [-0.1, -0.05) is 48.0 Å². The number of rotatable bonds is 4. The first-order chi connectivity index (χ1) is 9.15. The van der Waals surface area contributed by atoms with Crippen molar-refractivity contribution in [3.8, 4) is 5.75 Å². The number of hydrogen-bond donors (Lipinski definition) is 2. The van der Waals surface area contributed by atoms with E-state index in [2.05, 4.69) is 5.32 Å². The molecule has 3 nitrogen and oxygen atoms in total. The van der Waals surface area contributed by atoms with Crippen molar-refractivity contribution in [2.24, 2.45) is 0 Å². The van der Waals surface area contributed by atoms with E-state index in [1.54, 1.807) is 18.2 Å². The molecule has 0 spiro atoms. The molecule has 0 saturated heterocycles. The molecule has 2 aromatic carbocycles. The van der Waals surface area contributed by atoms with Gasteiger partial charge in [-0.05, 0) is 18.6 Å². The Balaban J connectivity index is 1.88. The molecule has 0 aliphatic carbocycles. The van der Waals surface area contributed by atoms with Gasteiger partial charge in [-0.25, -0.2) is 0 Å². The van der Waals surface area contributed by atoms with Gasteiger partial charge in [0.15, 0.2) is 0 Å². The third kappa shape index (κ3) is 3.85. The first-order valence-electron chi connectivity index (χ1n) is 6.24. The lowest BCUT2D eigenvalue weighted by Gasteiger charge is -2.07. The number of para-hydroxylation sites is 1. The van der Waals surface area contributed by atoms with E-state index in [4.69, 9.17) is 0 Å². The van der Waals surface area contributed by atoms with Crippen molar-refractivity contribution in [2.75, 3.05) is 0 Å². The van der Waals surface area contributed by atoms with Crippen LogP contribution < -0.4 is 5.32 Å². The third-order valence-corrected chi connectivity index (χ3v) is 2.95. The third-order valence-electron chi connectivity index (χ3n) is 2.95. The molecule has 0 bridgehead atoms. The highest BCUT2D eigenvalue weighted by Gasteiger charge is 2.06. The van der Waals surface area contributed by atoms with Crippen molar-refractivity contribution >= 4 is 5.91 Å². The number of amides is 1. The van der Waals surface area contributed by atoms with Gasteiger partial charge < -0.3 is 10.4 Å². The zero-order valence-electron chi connectivity index (χ0n) is 10.9. The molecule has 2 N–H and O–H groups in total. The number of aryl methyl sites for hydroxylation is 1. The Bertz CT molecular complexity index is 561. The van der Waals surface area contributed by atoms with Gasteiger partial charge >= 0.3 is 0 Å². The highest BCUT2D eigenvalue weighted by molar-refractivity contribution is 5.79. The fourth-order valence-electron chi connectivity index (χ4n) is 1.80. The Labute approximate surface area is 112 Å². The maximum absolute atomic E-state index is 11.8. The number of aromatic hydroxyl groups is 1. The van der Waals surface area contributed by atoms with E-state index in [0.29, 0.717) is 12.1 Å². The molecule has 0 fully saturated rings. The normalized spacial score (nSPS) is 10.2. The summed E-state index contributed by atoms with van der Waals surface area (Å²) in [5, 5.41) is 12.4. The predicted molar refractivity (Wildman–Crippen MR) is 74.8 cm³/mol. The second-order valence-corrected chi connectivity index (χ2v) is 4.57. The Kier molecular flexibility index (Phi) is 4.18.